The van der Waals surface area contributed by atoms with Crippen molar-refractivity contribution in [1.29, 1.82) is 0 Å². The molecule has 1 aliphatic heterocycles. The number of thiazole rings is 1. The monoisotopic (exact) mass is 274 g/mol. The van der Waals surface area contributed by atoms with E-state index in [9.17, 15) is 13.2 Å². The van der Waals surface area contributed by atoms with E-state index >= 15 is 0 Å². The van der Waals surface area contributed by atoms with Crippen LogP contribution in [0, 0.1) is 12.8 Å². The summed E-state index contributed by atoms with van der Waals surface area (Å²) in [4.78, 5) is 16.4. The predicted octanol–water partition coefficient (Wildman–Crippen LogP) is 0.616. The lowest BCUT2D eigenvalue weighted by Crippen LogP contribution is -2.29. The maximum atomic E-state index is 11.8. The molecule has 1 N–H and O–H groups in total. The lowest BCUT2D eigenvalue weighted by atomic mass is 10.1. The van der Waals surface area contributed by atoms with Crippen molar-refractivity contribution in [3.8, 4) is 0 Å². The molecule has 0 unspecified atom stereocenters. The van der Waals surface area contributed by atoms with Gasteiger partial charge < -0.3 is 5.32 Å². The molecule has 0 aliphatic carbocycles. The second-order valence-corrected chi connectivity index (χ2v) is 7.33. The van der Waals surface area contributed by atoms with Gasteiger partial charge in [-0.05, 0) is 19.3 Å². The first kappa shape index (κ1) is 12.5. The number of amides is 1. The first-order valence-corrected chi connectivity index (χ1v) is 8.07. The molecule has 5 nitrogen and oxygen atoms in total. The molecule has 94 valence electrons. The molecule has 7 heteroatoms. The standard InChI is InChI=1S/C10H14N2O3S2/c1-7-9(16-6-12-7)10(13)11-4-8-2-3-17(14,15)5-8/h6,8H,2-5H2,1H3,(H,11,13)/t8-/m0/s1. The number of nitrogens with zero attached hydrogens (tertiary/aromatic N) is 1. The lowest BCUT2D eigenvalue weighted by Gasteiger charge is -2.08. The molecule has 1 atom stereocenters. The van der Waals surface area contributed by atoms with Crippen molar-refractivity contribution in [3.05, 3.63) is 16.1 Å². The van der Waals surface area contributed by atoms with Gasteiger partial charge in [0, 0.05) is 6.54 Å². The van der Waals surface area contributed by atoms with E-state index in [0.29, 0.717) is 23.5 Å². The number of sulfone groups is 1. The van der Waals surface area contributed by atoms with Gasteiger partial charge in [0.2, 0.25) is 0 Å². The molecule has 0 spiro atoms. The molecule has 17 heavy (non-hydrogen) atoms. The number of aryl methyl sites for hydroxylation is 1. The molecule has 0 bridgehead atoms. The van der Waals surface area contributed by atoms with Crippen molar-refractivity contribution in [2.24, 2.45) is 5.92 Å². The highest BCUT2D eigenvalue weighted by Crippen LogP contribution is 2.18. The predicted molar refractivity (Wildman–Crippen MR) is 65.9 cm³/mol. The van der Waals surface area contributed by atoms with Gasteiger partial charge in [0.05, 0.1) is 22.7 Å². The summed E-state index contributed by atoms with van der Waals surface area (Å²) < 4.78 is 22.5. The first-order chi connectivity index (χ1) is 7.98. The first-order valence-electron chi connectivity index (χ1n) is 5.36. The summed E-state index contributed by atoms with van der Waals surface area (Å²) in [6, 6.07) is 0. The van der Waals surface area contributed by atoms with Crippen molar-refractivity contribution < 1.29 is 13.2 Å². The van der Waals surface area contributed by atoms with Crippen LogP contribution in [0.2, 0.25) is 0 Å². The summed E-state index contributed by atoms with van der Waals surface area (Å²) in [7, 11) is -2.87. The summed E-state index contributed by atoms with van der Waals surface area (Å²) in [5.74, 6) is 0.327. The van der Waals surface area contributed by atoms with Crippen molar-refractivity contribution in [2.45, 2.75) is 13.3 Å². The van der Waals surface area contributed by atoms with E-state index in [1.165, 1.54) is 11.3 Å². The van der Waals surface area contributed by atoms with Gasteiger partial charge in [0.15, 0.2) is 9.84 Å². The van der Waals surface area contributed by atoms with Gasteiger partial charge in [-0.15, -0.1) is 11.3 Å². The molecule has 1 amide bonds. The molecule has 1 saturated heterocycles. The van der Waals surface area contributed by atoms with E-state index in [1.807, 2.05) is 0 Å². The Morgan fingerprint density at radius 1 is 1.65 bits per heavy atom. The van der Waals surface area contributed by atoms with Gasteiger partial charge in [0.25, 0.3) is 5.91 Å². The van der Waals surface area contributed by atoms with E-state index in [-0.39, 0.29) is 23.3 Å². The largest absolute Gasteiger partial charge is 0.351 e. The van der Waals surface area contributed by atoms with E-state index in [4.69, 9.17) is 0 Å². The van der Waals surface area contributed by atoms with Crippen molar-refractivity contribution in [3.63, 3.8) is 0 Å². The van der Waals surface area contributed by atoms with Crippen LogP contribution >= 0.6 is 11.3 Å². The quantitative estimate of drug-likeness (QED) is 0.876. The SMILES string of the molecule is Cc1ncsc1C(=O)NC[C@@H]1CCS(=O)(=O)C1. The Balaban J connectivity index is 1.88. The summed E-state index contributed by atoms with van der Waals surface area (Å²) >= 11 is 1.30. The zero-order valence-corrected chi connectivity index (χ0v) is 11.1. The van der Waals surface area contributed by atoms with Gasteiger partial charge in [-0.25, -0.2) is 13.4 Å². The highest BCUT2D eigenvalue weighted by molar-refractivity contribution is 7.91. The molecule has 2 heterocycles. The minimum Gasteiger partial charge on any atom is -0.351 e. The average molecular weight is 274 g/mol. The van der Waals surface area contributed by atoms with E-state index in [1.54, 1.807) is 12.4 Å². The second-order valence-electron chi connectivity index (χ2n) is 4.25. The number of carbonyl (C=O) groups excluding carboxylic acids is 1. The smallest absolute Gasteiger partial charge is 0.263 e. The zero-order valence-electron chi connectivity index (χ0n) is 9.47. The minimum atomic E-state index is -2.87. The Morgan fingerprint density at radius 3 is 2.94 bits per heavy atom. The summed E-state index contributed by atoms with van der Waals surface area (Å²) in [6.45, 7) is 2.21. The van der Waals surface area contributed by atoms with E-state index in [2.05, 4.69) is 10.3 Å². The Kier molecular flexibility index (Phi) is 3.48. The Bertz CT molecular complexity index is 521. The topological polar surface area (TPSA) is 76.1 Å². The van der Waals surface area contributed by atoms with Crippen molar-refractivity contribution in [2.75, 3.05) is 18.1 Å². The van der Waals surface area contributed by atoms with Crippen LogP contribution in [0.5, 0.6) is 0 Å². The van der Waals surface area contributed by atoms with E-state index in [0.717, 1.165) is 0 Å². The Labute approximate surface area is 104 Å². The minimum absolute atomic E-state index is 0.0529. The third-order valence-electron chi connectivity index (χ3n) is 2.83. The maximum absolute atomic E-state index is 11.8. The van der Waals surface area contributed by atoms with Crippen LogP contribution in [0.25, 0.3) is 0 Å². The molecule has 1 aliphatic rings. The van der Waals surface area contributed by atoms with E-state index < -0.39 is 9.84 Å². The third kappa shape index (κ3) is 3.04. The molecule has 1 fully saturated rings. The maximum Gasteiger partial charge on any atom is 0.263 e. The van der Waals surface area contributed by atoms with Crippen LogP contribution in [-0.2, 0) is 9.84 Å². The Morgan fingerprint density at radius 2 is 2.41 bits per heavy atom. The summed E-state index contributed by atoms with van der Waals surface area (Å²) in [5.41, 5.74) is 2.34. The van der Waals surface area contributed by atoms with Gasteiger partial charge in [-0.1, -0.05) is 0 Å². The number of rotatable bonds is 3. The molecule has 1 aromatic rings. The highest BCUT2D eigenvalue weighted by Gasteiger charge is 2.28. The number of carbonyl (C=O) groups is 1. The van der Waals surface area contributed by atoms with Crippen molar-refractivity contribution in [1.82, 2.24) is 10.3 Å². The molecule has 2 rings (SSSR count). The summed E-state index contributed by atoms with van der Waals surface area (Å²) in [6.07, 6.45) is 0.643. The fraction of sp³-hybridized carbons (Fsp3) is 0.600. The van der Waals surface area contributed by atoms with Crippen LogP contribution in [0.15, 0.2) is 5.51 Å². The summed E-state index contributed by atoms with van der Waals surface area (Å²) in [5, 5.41) is 2.77. The van der Waals surface area contributed by atoms with Gasteiger partial charge in [-0.3, -0.25) is 4.79 Å². The van der Waals surface area contributed by atoms with Gasteiger partial charge in [-0.2, -0.15) is 0 Å². The number of hydrogen-bond acceptors (Lipinski definition) is 5. The molecule has 0 aromatic carbocycles. The Hall–Kier alpha value is -0.950. The number of hydrogen-bond donors (Lipinski definition) is 1. The molecular weight excluding hydrogens is 260 g/mol. The normalized spacial score (nSPS) is 22.5. The molecule has 1 aromatic heterocycles. The highest BCUT2D eigenvalue weighted by atomic mass is 32.2. The lowest BCUT2D eigenvalue weighted by molar-refractivity contribution is 0.0951. The van der Waals surface area contributed by atoms with Gasteiger partial charge >= 0.3 is 0 Å². The average Bonchev–Trinajstić information content (AvgIpc) is 2.81. The molecule has 0 radical (unpaired) electrons. The number of aromatic nitrogens is 1. The molecular formula is C10H14N2O3S2. The van der Waals surface area contributed by atoms with Crippen LogP contribution < -0.4 is 5.32 Å². The van der Waals surface area contributed by atoms with Crippen LogP contribution in [0.1, 0.15) is 21.8 Å². The molecule has 0 saturated carbocycles. The van der Waals surface area contributed by atoms with Crippen LogP contribution in [0.4, 0.5) is 0 Å². The van der Waals surface area contributed by atoms with Crippen LogP contribution in [-0.4, -0.2) is 37.4 Å². The third-order valence-corrected chi connectivity index (χ3v) is 5.59. The fourth-order valence-corrected chi connectivity index (χ4v) is 4.45. The van der Waals surface area contributed by atoms with Crippen molar-refractivity contribution >= 4 is 27.1 Å². The zero-order chi connectivity index (χ0) is 12.5. The fourth-order valence-electron chi connectivity index (χ4n) is 1.87. The number of nitrogens with one attached hydrogen (secondary N) is 1. The second kappa shape index (κ2) is 4.73. The van der Waals surface area contributed by atoms with Gasteiger partial charge in [0.1, 0.15) is 4.88 Å². The van der Waals surface area contributed by atoms with Crippen LogP contribution in [0.3, 0.4) is 0 Å².